The monoisotopic (exact) mass is 258 g/mol. The number of hydrogen-bond donors (Lipinski definition) is 2. The fourth-order valence-corrected chi connectivity index (χ4v) is 1.84. The molecule has 6 heteroatoms. The summed E-state index contributed by atoms with van der Waals surface area (Å²) in [4.78, 5) is 23.4. The minimum atomic E-state index is -0.670. The molecule has 2 atom stereocenters. The number of rotatable bonds is 6. The average Bonchev–Trinajstić information content (AvgIpc) is 2.42. The van der Waals surface area contributed by atoms with Crippen LogP contribution in [-0.4, -0.2) is 48.6 Å². The van der Waals surface area contributed by atoms with Crippen LogP contribution in [0.3, 0.4) is 0 Å². The lowest BCUT2D eigenvalue weighted by Gasteiger charge is -2.24. The largest absolute Gasteiger partial charge is 0.463 e. The van der Waals surface area contributed by atoms with Gasteiger partial charge < -0.3 is 19.7 Å². The lowest BCUT2D eigenvalue weighted by atomic mass is 9.84. The van der Waals surface area contributed by atoms with Crippen LogP contribution in [-0.2, 0) is 19.1 Å². The van der Waals surface area contributed by atoms with Gasteiger partial charge in [0, 0.05) is 0 Å². The predicted octanol–water partition coefficient (Wildman–Crippen LogP) is -0.360. The van der Waals surface area contributed by atoms with Crippen LogP contribution in [0.4, 0.5) is 0 Å². The highest BCUT2D eigenvalue weighted by Gasteiger charge is 2.35. The molecule has 0 amide bonds. The first kappa shape index (κ1) is 14.7. The van der Waals surface area contributed by atoms with Gasteiger partial charge in [-0.1, -0.05) is 12.2 Å². The SMILES string of the molecule is O=C(OCCO)C1C=CCCC1C(=O)OCCO. The highest BCUT2D eigenvalue weighted by atomic mass is 16.5. The summed E-state index contributed by atoms with van der Waals surface area (Å²) in [6, 6.07) is 0. The lowest BCUT2D eigenvalue weighted by molar-refractivity contribution is -0.160. The molecule has 0 aromatic carbocycles. The van der Waals surface area contributed by atoms with E-state index in [-0.39, 0.29) is 26.4 Å². The summed E-state index contributed by atoms with van der Waals surface area (Å²) in [7, 11) is 0. The topological polar surface area (TPSA) is 93.1 Å². The number of carbonyl (C=O) groups is 2. The van der Waals surface area contributed by atoms with Gasteiger partial charge in [0.1, 0.15) is 13.2 Å². The Balaban J connectivity index is 2.61. The van der Waals surface area contributed by atoms with Gasteiger partial charge in [-0.3, -0.25) is 9.59 Å². The van der Waals surface area contributed by atoms with Gasteiger partial charge in [0.25, 0.3) is 0 Å². The van der Waals surface area contributed by atoms with E-state index in [0.717, 1.165) is 0 Å². The molecule has 0 radical (unpaired) electrons. The molecule has 1 aliphatic rings. The van der Waals surface area contributed by atoms with Crippen LogP contribution in [0.2, 0.25) is 0 Å². The van der Waals surface area contributed by atoms with E-state index >= 15 is 0 Å². The third-order valence-electron chi connectivity index (χ3n) is 2.67. The average molecular weight is 258 g/mol. The maximum Gasteiger partial charge on any atom is 0.313 e. The molecule has 102 valence electrons. The third-order valence-corrected chi connectivity index (χ3v) is 2.67. The van der Waals surface area contributed by atoms with Crippen molar-refractivity contribution in [1.29, 1.82) is 0 Å². The van der Waals surface area contributed by atoms with Gasteiger partial charge in [0.05, 0.1) is 25.0 Å². The molecular weight excluding hydrogens is 240 g/mol. The van der Waals surface area contributed by atoms with Crippen LogP contribution in [0.25, 0.3) is 0 Å². The third kappa shape index (κ3) is 4.12. The lowest BCUT2D eigenvalue weighted by Crippen LogP contribution is -2.33. The second-order valence-corrected chi connectivity index (χ2v) is 3.92. The van der Waals surface area contributed by atoms with Crippen LogP contribution in [0.5, 0.6) is 0 Å². The molecule has 0 aliphatic heterocycles. The molecule has 1 rings (SSSR count). The van der Waals surface area contributed by atoms with Crippen molar-refractivity contribution in [3.05, 3.63) is 12.2 Å². The first-order valence-corrected chi connectivity index (χ1v) is 5.92. The molecule has 6 nitrogen and oxygen atoms in total. The Labute approximate surface area is 105 Å². The quantitative estimate of drug-likeness (QED) is 0.499. The van der Waals surface area contributed by atoms with Crippen molar-refractivity contribution in [2.24, 2.45) is 11.8 Å². The van der Waals surface area contributed by atoms with E-state index in [2.05, 4.69) is 0 Å². The van der Waals surface area contributed by atoms with Gasteiger partial charge in [-0.15, -0.1) is 0 Å². The summed E-state index contributed by atoms with van der Waals surface area (Å²) in [5.74, 6) is -2.28. The number of esters is 2. The number of aliphatic hydroxyl groups is 2. The molecule has 0 bridgehead atoms. The minimum Gasteiger partial charge on any atom is -0.463 e. The molecule has 18 heavy (non-hydrogen) atoms. The molecule has 0 aromatic heterocycles. The molecule has 0 aromatic rings. The summed E-state index contributed by atoms with van der Waals surface area (Å²) in [6.45, 7) is -0.644. The zero-order valence-corrected chi connectivity index (χ0v) is 10.1. The Morgan fingerprint density at radius 2 is 1.72 bits per heavy atom. The maximum atomic E-state index is 11.7. The molecule has 0 saturated carbocycles. The van der Waals surface area contributed by atoms with E-state index in [1.54, 1.807) is 6.08 Å². The maximum absolute atomic E-state index is 11.7. The molecule has 0 spiro atoms. The number of ether oxygens (including phenoxy) is 2. The normalized spacial score (nSPS) is 22.6. The van der Waals surface area contributed by atoms with Crippen molar-refractivity contribution in [3.8, 4) is 0 Å². The smallest absolute Gasteiger partial charge is 0.313 e. The Morgan fingerprint density at radius 1 is 1.11 bits per heavy atom. The van der Waals surface area contributed by atoms with Crippen LogP contribution < -0.4 is 0 Å². The van der Waals surface area contributed by atoms with Crippen molar-refractivity contribution >= 4 is 11.9 Å². The van der Waals surface area contributed by atoms with E-state index in [9.17, 15) is 9.59 Å². The van der Waals surface area contributed by atoms with E-state index in [0.29, 0.717) is 12.8 Å². The van der Waals surface area contributed by atoms with Gasteiger partial charge in [0.2, 0.25) is 0 Å². The molecule has 1 aliphatic carbocycles. The van der Waals surface area contributed by atoms with E-state index in [4.69, 9.17) is 19.7 Å². The summed E-state index contributed by atoms with van der Waals surface area (Å²) in [5, 5.41) is 17.2. The number of hydrogen-bond acceptors (Lipinski definition) is 6. The molecule has 0 saturated heterocycles. The van der Waals surface area contributed by atoms with Crippen LogP contribution in [0.15, 0.2) is 12.2 Å². The van der Waals surface area contributed by atoms with Crippen molar-refractivity contribution < 1.29 is 29.3 Å². The summed E-state index contributed by atoms with van der Waals surface area (Å²) < 4.78 is 9.65. The van der Waals surface area contributed by atoms with E-state index < -0.39 is 23.8 Å². The van der Waals surface area contributed by atoms with E-state index in [1.807, 2.05) is 6.08 Å². The summed E-state index contributed by atoms with van der Waals surface area (Å²) in [6.07, 6.45) is 4.66. The second-order valence-electron chi connectivity index (χ2n) is 3.92. The number of allylic oxidation sites excluding steroid dienone is 1. The number of carbonyl (C=O) groups excluding carboxylic acids is 2. The second kappa shape index (κ2) is 7.84. The molecule has 0 heterocycles. The molecule has 2 unspecified atom stereocenters. The fraction of sp³-hybridized carbons (Fsp3) is 0.667. The molecule has 2 N–H and O–H groups in total. The van der Waals surface area contributed by atoms with Crippen LogP contribution in [0, 0.1) is 11.8 Å². The van der Waals surface area contributed by atoms with Gasteiger partial charge >= 0.3 is 11.9 Å². The highest BCUT2D eigenvalue weighted by molar-refractivity contribution is 5.83. The highest BCUT2D eigenvalue weighted by Crippen LogP contribution is 2.27. The summed E-state index contributed by atoms with van der Waals surface area (Å²) in [5.41, 5.74) is 0. The van der Waals surface area contributed by atoms with Gasteiger partial charge in [-0.05, 0) is 12.8 Å². The molecular formula is C12H18O6. The Kier molecular flexibility index (Phi) is 6.38. The fourth-order valence-electron chi connectivity index (χ4n) is 1.84. The van der Waals surface area contributed by atoms with Gasteiger partial charge in [-0.25, -0.2) is 0 Å². The Bertz CT molecular complexity index is 312. The first-order chi connectivity index (χ1) is 8.70. The zero-order chi connectivity index (χ0) is 13.4. The van der Waals surface area contributed by atoms with E-state index in [1.165, 1.54) is 0 Å². The molecule has 0 fully saturated rings. The van der Waals surface area contributed by atoms with Gasteiger partial charge in [-0.2, -0.15) is 0 Å². The predicted molar refractivity (Wildman–Crippen MR) is 61.4 cm³/mol. The number of aliphatic hydroxyl groups excluding tert-OH is 2. The van der Waals surface area contributed by atoms with Crippen LogP contribution in [0.1, 0.15) is 12.8 Å². The van der Waals surface area contributed by atoms with Crippen LogP contribution >= 0.6 is 0 Å². The van der Waals surface area contributed by atoms with Crippen molar-refractivity contribution in [3.63, 3.8) is 0 Å². The Hall–Kier alpha value is -1.40. The van der Waals surface area contributed by atoms with Gasteiger partial charge in [0.15, 0.2) is 0 Å². The van der Waals surface area contributed by atoms with Crippen molar-refractivity contribution in [1.82, 2.24) is 0 Å². The standard InChI is InChI=1S/C12H18O6/c13-5-7-17-11(15)9-3-1-2-4-10(9)12(16)18-8-6-14/h1,3,9-10,13-14H,2,4-8H2. The van der Waals surface area contributed by atoms with Crippen molar-refractivity contribution in [2.45, 2.75) is 12.8 Å². The summed E-state index contributed by atoms with van der Waals surface area (Å²) >= 11 is 0. The zero-order valence-electron chi connectivity index (χ0n) is 10.1. The van der Waals surface area contributed by atoms with Crippen molar-refractivity contribution in [2.75, 3.05) is 26.4 Å². The minimum absolute atomic E-state index is 0.0720. The first-order valence-electron chi connectivity index (χ1n) is 5.92. The Morgan fingerprint density at radius 3 is 2.33 bits per heavy atom.